The number of nitrogens with one attached hydrogen (secondary N) is 1. The summed E-state index contributed by atoms with van der Waals surface area (Å²) in [5.74, 6) is 1.57. The molecule has 1 aliphatic heterocycles. The largest absolute Gasteiger partial charge is 0.497 e. The maximum atomic E-state index is 12.5. The number of hydrogen-bond acceptors (Lipinski definition) is 5. The number of ether oxygens (including phenoxy) is 2. The quantitative estimate of drug-likeness (QED) is 0.793. The molecule has 27 heavy (non-hydrogen) atoms. The maximum absolute atomic E-state index is 12.5. The molecule has 6 heteroatoms. The molecule has 2 fully saturated rings. The van der Waals surface area contributed by atoms with E-state index < -0.39 is 0 Å². The summed E-state index contributed by atoms with van der Waals surface area (Å²) in [5, 5.41) is 3.11. The molecule has 1 N–H and O–H groups in total. The molecular formula is C21H33N3O3. The Hall–Kier alpha value is -1.79. The van der Waals surface area contributed by atoms with Crippen LogP contribution < -0.4 is 14.8 Å². The zero-order chi connectivity index (χ0) is 19.2. The lowest BCUT2D eigenvalue weighted by atomic mass is 10.1. The lowest BCUT2D eigenvalue weighted by molar-refractivity contribution is -0.123. The van der Waals surface area contributed by atoms with Gasteiger partial charge in [0, 0.05) is 37.8 Å². The van der Waals surface area contributed by atoms with Crippen LogP contribution in [0.5, 0.6) is 11.5 Å². The Morgan fingerprint density at radius 3 is 2.48 bits per heavy atom. The van der Waals surface area contributed by atoms with Crippen LogP contribution in [0.1, 0.15) is 44.2 Å². The molecule has 1 saturated heterocycles. The van der Waals surface area contributed by atoms with E-state index >= 15 is 0 Å². The van der Waals surface area contributed by atoms with Gasteiger partial charge in [-0.15, -0.1) is 0 Å². The highest BCUT2D eigenvalue weighted by atomic mass is 16.5. The second kappa shape index (κ2) is 9.42. The highest BCUT2D eigenvalue weighted by Gasteiger charge is 2.27. The minimum Gasteiger partial charge on any atom is -0.497 e. The summed E-state index contributed by atoms with van der Waals surface area (Å²) in [7, 11) is 3.28. The summed E-state index contributed by atoms with van der Waals surface area (Å²) in [4.78, 5) is 17.4. The number of carbonyl (C=O) groups is 1. The van der Waals surface area contributed by atoms with Gasteiger partial charge in [-0.1, -0.05) is 12.8 Å². The van der Waals surface area contributed by atoms with E-state index in [1.165, 1.54) is 25.7 Å². The third-order valence-corrected chi connectivity index (χ3v) is 5.90. The number of rotatable bonds is 7. The smallest absolute Gasteiger partial charge is 0.234 e. The maximum Gasteiger partial charge on any atom is 0.234 e. The topological polar surface area (TPSA) is 54.0 Å². The van der Waals surface area contributed by atoms with Crippen LogP contribution in [-0.4, -0.2) is 68.7 Å². The van der Waals surface area contributed by atoms with E-state index in [1.807, 2.05) is 25.1 Å². The molecule has 0 radical (unpaired) electrons. The molecule has 1 heterocycles. The summed E-state index contributed by atoms with van der Waals surface area (Å²) in [6.07, 6.45) is 5.44. The number of carbonyl (C=O) groups excluding carboxylic acids is 1. The first kappa shape index (κ1) is 20.0. The summed E-state index contributed by atoms with van der Waals surface area (Å²) in [5.41, 5.74) is 0.927. The van der Waals surface area contributed by atoms with Crippen molar-refractivity contribution in [2.45, 2.75) is 44.7 Å². The van der Waals surface area contributed by atoms with Gasteiger partial charge in [-0.2, -0.15) is 0 Å². The number of benzene rings is 1. The minimum atomic E-state index is -0.137. The van der Waals surface area contributed by atoms with Crippen molar-refractivity contribution >= 4 is 5.91 Å². The monoisotopic (exact) mass is 375 g/mol. The first-order valence-electron chi connectivity index (χ1n) is 10.1. The van der Waals surface area contributed by atoms with Crippen molar-refractivity contribution in [1.82, 2.24) is 15.1 Å². The van der Waals surface area contributed by atoms with Crippen LogP contribution in [0.25, 0.3) is 0 Å². The van der Waals surface area contributed by atoms with E-state index in [2.05, 4.69) is 15.1 Å². The van der Waals surface area contributed by atoms with Gasteiger partial charge in [0.1, 0.15) is 11.5 Å². The Labute approximate surface area is 162 Å². The Morgan fingerprint density at radius 1 is 1.15 bits per heavy atom. The average molecular weight is 376 g/mol. The lowest BCUT2D eigenvalue weighted by Crippen LogP contribution is -2.51. The summed E-state index contributed by atoms with van der Waals surface area (Å²) in [6, 6.07) is 6.30. The van der Waals surface area contributed by atoms with Crippen molar-refractivity contribution in [3.05, 3.63) is 23.8 Å². The van der Waals surface area contributed by atoms with Crippen LogP contribution in [0.4, 0.5) is 0 Å². The normalized spacial score (nSPS) is 20.4. The predicted octanol–water partition coefficient (Wildman–Crippen LogP) is 2.44. The zero-order valence-electron chi connectivity index (χ0n) is 16.9. The van der Waals surface area contributed by atoms with Crippen molar-refractivity contribution in [1.29, 1.82) is 0 Å². The van der Waals surface area contributed by atoms with Crippen molar-refractivity contribution in [3.63, 3.8) is 0 Å². The first-order valence-corrected chi connectivity index (χ1v) is 10.1. The van der Waals surface area contributed by atoms with Gasteiger partial charge in [0.2, 0.25) is 5.91 Å². The van der Waals surface area contributed by atoms with Gasteiger partial charge in [-0.05, 0) is 38.0 Å². The molecule has 150 valence electrons. The van der Waals surface area contributed by atoms with Crippen molar-refractivity contribution in [2.24, 2.45) is 0 Å². The lowest BCUT2D eigenvalue weighted by Gasteiger charge is -2.37. The summed E-state index contributed by atoms with van der Waals surface area (Å²) < 4.78 is 10.7. The summed E-state index contributed by atoms with van der Waals surface area (Å²) >= 11 is 0. The second-order valence-corrected chi connectivity index (χ2v) is 7.65. The Bertz CT molecular complexity index is 623. The molecule has 1 saturated carbocycles. The van der Waals surface area contributed by atoms with E-state index in [9.17, 15) is 4.79 Å². The number of hydrogen-bond donors (Lipinski definition) is 1. The highest BCUT2D eigenvalue weighted by molar-refractivity contribution is 5.78. The molecule has 2 aliphatic rings. The van der Waals surface area contributed by atoms with Crippen LogP contribution in [0, 0.1) is 0 Å². The van der Waals surface area contributed by atoms with Crippen LogP contribution in [0.15, 0.2) is 18.2 Å². The molecule has 1 aliphatic carbocycles. The molecule has 0 bridgehead atoms. The molecule has 1 aromatic carbocycles. The fourth-order valence-corrected chi connectivity index (χ4v) is 4.30. The van der Waals surface area contributed by atoms with E-state index in [-0.39, 0.29) is 11.9 Å². The first-order chi connectivity index (χ1) is 13.1. The Morgan fingerprint density at radius 2 is 1.85 bits per heavy atom. The van der Waals surface area contributed by atoms with E-state index in [0.29, 0.717) is 6.54 Å². The van der Waals surface area contributed by atoms with Gasteiger partial charge in [0.05, 0.1) is 26.8 Å². The standard InChI is InChI=1S/C21H33N3O3/c1-16(19-14-18(26-2)8-9-20(19)27-3)22-21(25)15-23-10-12-24(13-11-23)17-6-4-5-7-17/h8-9,14,16-17H,4-7,10-13,15H2,1-3H3,(H,22,25). The molecule has 1 unspecified atom stereocenters. The van der Waals surface area contributed by atoms with Gasteiger partial charge in [-0.3, -0.25) is 14.6 Å². The fourth-order valence-electron chi connectivity index (χ4n) is 4.30. The van der Waals surface area contributed by atoms with Crippen LogP contribution in [0.3, 0.4) is 0 Å². The molecule has 1 amide bonds. The number of amides is 1. The third-order valence-electron chi connectivity index (χ3n) is 5.90. The Kier molecular flexibility index (Phi) is 6.96. The molecule has 0 aromatic heterocycles. The van der Waals surface area contributed by atoms with Crippen molar-refractivity contribution in [3.8, 4) is 11.5 Å². The Balaban J connectivity index is 1.49. The zero-order valence-corrected chi connectivity index (χ0v) is 16.9. The van der Waals surface area contributed by atoms with Gasteiger partial charge in [0.15, 0.2) is 0 Å². The number of nitrogens with zero attached hydrogens (tertiary/aromatic N) is 2. The van der Waals surface area contributed by atoms with Crippen molar-refractivity contribution in [2.75, 3.05) is 46.9 Å². The average Bonchev–Trinajstić information content (AvgIpc) is 3.22. The minimum absolute atomic E-state index is 0.0571. The van der Waals surface area contributed by atoms with E-state index in [0.717, 1.165) is 49.3 Å². The summed E-state index contributed by atoms with van der Waals surface area (Å²) in [6.45, 7) is 6.54. The van der Waals surface area contributed by atoms with Gasteiger partial charge in [0.25, 0.3) is 0 Å². The number of methoxy groups -OCH3 is 2. The van der Waals surface area contributed by atoms with Gasteiger partial charge in [-0.25, -0.2) is 0 Å². The molecule has 0 spiro atoms. The van der Waals surface area contributed by atoms with Crippen LogP contribution >= 0.6 is 0 Å². The van der Waals surface area contributed by atoms with Gasteiger partial charge < -0.3 is 14.8 Å². The van der Waals surface area contributed by atoms with E-state index in [4.69, 9.17) is 9.47 Å². The molecule has 6 nitrogen and oxygen atoms in total. The third kappa shape index (κ3) is 5.14. The fraction of sp³-hybridized carbons (Fsp3) is 0.667. The predicted molar refractivity (Wildman–Crippen MR) is 106 cm³/mol. The van der Waals surface area contributed by atoms with Crippen LogP contribution in [0.2, 0.25) is 0 Å². The highest BCUT2D eigenvalue weighted by Crippen LogP contribution is 2.29. The number of piperazine rings is 1. The van der Waals surface area contributed by atoms with Crippen LogP contribution in [-0.2, 0) is 4.79 Å². The van der Waals surface area contributed by atoms with Gasteiger partial charge >= 0.3 is 0 Å². The molecule has 1 atom stereocenters. The second-order valence-electron chi connectivity index (χ2n) is 7.65. The van der Waals surface area contributed by atoms with E-state index in [1.54, 1.807) is 14.2 Å². The van der Waals surface area contributed by atoms with Crippen molar-refractivity contribution < 1.29 is 14.3 Å². The SMILES string of the molecule is COc1ccc(OC)c(C(C)NC(=O)CN2CCN(C3CCCC3)CC2)c1. The molecule has 1 aromatic rings. The molecular weight excluding hydrogens is 342 g/mol. The molecule has 3 rings (SSSR count).